The van der Waals surface area contributed by atoms with Crippen LogP contribution < -0.4 is 0 Å². The largest absolute Gasteiger partial charge is 0.459 e. The third-order valence-electron chi connectivity index (χ3n) is 4.99. The van der Waals surface area contributed by atoms with Crippen molar-refractivity contribution < 1.29 is 14.6 Å². The minimum absolute atomic E-state index is 0.00260. The summed E-state index contributed by atoms with van der Waals surface area (Å²) in [7, 11) is 0. The van der Waals surface area contributed by atoms with Gasteiger partial charge >= 0.3 is 5.97 Å². The molecule has 3 aliphatic carbocycles. The predicted molar refractivity (Wildman–Crippen MR) is 78.8 cm³/mol. The van der Waals surface area contributed by atoms with Crippen LogP contribution in [-0.2, 0) is 9.53 Å². The number of fused-ring (bicyclic) bond motifs is 2. The minimum atomic E-state index is -0.889. The van der Waals surface area contributed by atoms with Crippen molar-refractivity contribution in [1.29, 1.82) is 0 Å². The molecule has 3 atom stereocenters. The number of aliphatic imine (C=N–C) groups is 1. The molecule has 1 N–H and O–H groups in total. The van der Waals surface area contributed by atoms with Crippen molar-refractivity contribution in [3.05, 3.63) is 0 Å². The third kappa shape index (κ3) is 2.62. The number of rotatable bonds is 2. The number of hydrogen-bond acceptors (Lipinski definition) is 4. The maximum Gasteiger partial charge on any atom is 0.328 e. The molecule has 114 valence electrons. The average Bonchev–Trinajstić information content (AvgIpc) is 2.23. The van der Waals surface area contributed by atoms with E-state index < -0.39 is 11.2 Å². The topological polar surface area (TPSA) is 58.9 Å². The zero-order valence-corrected chi connectivity index (χ0v) is 13.5. The van der Waals surface area contributed by atoms with Gasteiger partial charge in [-0.2, -0.15) is 0 Å². The third-order valence-corrected chi connectivity index (χ3v) is 4.99. The van der Waals surface area contributed by atoms with Crippen LogP contribution in [0.15, 0.2) is 4.99 Å². The van der Waals surface area contributed by atoms with Gasteiger partial charge in [-0.25, -0.2) is 0 Å². The van der Waals surface area contributed by atoms with Gasteiger partial charge in [0.2, 0.25) is 0 Å². The molecule has 3 fully saturated rings. The molecule has 0 heterocycles. The lowest BCUT2D eigenvalue weighted by molar-refractivity contribution is -0.153. The maximum absolute atomic E-state index is 11.7. The second-order valence-electron chi connectivity index (χ2n) is 8.01. The number of esters is 1. The second kappa shape index (κ2) is 4.55. The first-order chi connectivity index (χ1) is 8.94. The fourth-order valence-corrected chi connectivity index (χ4v) is 3.72. The molecule has 0 aromatic carbocycles. The Morgan fingerprint density at radius 2 is 2.00 bits per heavy atom. The summed E-state index contributed by atoms with van der Waals surface area (Å²) < 4.78 is 5.25. The van der Waals surface area contributed by atoms with Crippen molar-refractivity contribution in [3.63, 3.8) is 0 Å². The van der Waals surface area contributed by atoms with Gasteiger partial charge in [0.15, 0.2) is 0 Å². The summed E-state index contributed by atoms with van der Waals surface area (Å²) in [6.45, 7) is 11.8. The molecule has 4 nitrogen and oxygen atoms in total. The quantitative estimate of drug-likeness (QED) is 0.791. The SMILES string of the molecule is CC(C)(C)OC(=O)CN=C1C[C@@H]2C[C@H](C2(C)C)[C@]1(C)O. The number of carbonyl (C=O) groups excluding carboxylic acids is 1. The Morgan fingerprint density at radius 3 is 2.45 bits per heavy atom. The van der Waals surface area contributed by atoms with Crippen LogP contribution in [0.2, 0.25) is 0 Å². The van der Waals surface area contributed by atoms with E-state index >= 15 is 0 Å². The molecular weight excluding hydrogens is 254 g/mol. The fraction of sp³-hybridized carbons (Fsp3) is 0.875. The first-order valence-electron chi connectivity index (χ1n) is 7.42. The molecule has 0 spiro atoms. The highest BCUT2D eigenvalue weighted by Gasteiger charge is 2.61. The summed E-state index contributed by atoms with van der Waals surface area (Å²) in [5.74, 6) is 0.482. The predicted octanol–water partition coefficient (Wildman–Crippen LogP) is 2.59. The van der Waals surface area contributed by atoms with E-state index in [2.05, 4.69) is 18.8 Å². The summed E-state index contributed by atoms with van der Waals surface area (Å²) in [6.07, 6.45) is 1.85. The zero-order valence-electron chi connectivity index (χ0n) is 13.5. The standard InChI is InChI=1S/C16H27NO3/c1-14(2,3)20-13(18)9-17-12-8-10-7-11(15(10,4)5)16(12,6)19/h10-11,19H,7-9H2,1-6H3/t10-,11+,16-/m0/s1. The van der Waals surface area contributed by atoms with Crippen LogP contribution in [0.3, 0.4) is 0 Å². The van der Waals surface area contributed by atoms with Gasteiger partial charge in [0.25, 0.3) is 0 Å². The molecule has 0 aromatic rings. The molecule has 0 radical (unpaired) electrons. The van der Waals surface area contributed by atoms with Crippen molar-refractivity contribution in [2.24, 2.45) is 22.2 Å². The van der Waals surface area contributed by atoms with Crippen molar-refractivity contribution in [2.75, 3.05) is 6.54 Å². The van der Waals surface area contributed by atoms with E-state index in [-0.39, 0.29) is 23.8 Å². The summed E-state index contributed by atoms with van der Waals surface area (Å²) >= 11 is 0. The van der Waals surface area contributed by atoms with Gasteiger partial charge < -0.3 is 9.84 Å². The normalized spacial score (nSPS) is 37.5. The number of ether oxygens (including phenoxy) is 1. The number of nitrogens with zero attached hydrogens (tertiary/aromatic N) is 1. The number of carbonyl (C=O) groups is 1. The molecule has 3 rings (SSSR count). The Bertz CT molecular complexity index is 443. The second-order valence-corrected chi connectivity index (χ2v) is 8.01. The van der Waals surface area contributed by atoms with Gasteiger partial charge in [0, 0.05) is 5.71 Å². The van der Waals surface area contributed by atoms with Crippen molar-refractivity contribution >= 4 is 11.7 Å². The fourth-order valence-electron chi connectivity index (χ4n) is 3.72. The summed E-state index contributed by atoms with van der Waals surface area (Å²) in [6, 6.07) is 0. The van der Waals surface area contributed by atoms with Crippen LogP contribution in [-0.4, -0.2) is 34.5 Å². The molecule has 4 heteroatoms. The molecule has 3 saturated carbocycles. The summed E-state index contributed by atoms with van der Waals surface area (Å²) in [5, 5.41) is 10.7. The molecule has 0 aromatic heterocycles. The van der Waals surface area contributed by atoms with Crippen LogP contribution in [0.5, 0.6) is 0 Å². The van der Waals surface area contributed by atoms with E-state index in [1.54, 1.807) is 0 Å². The first-order valence-corrected chi connectivity index (χ1v) is 7.42. The van der Waals surface area contributed by atoms with Crippen LogP contribution in [0, 0.1) is 17.3 Å². The molecule has 0 unspecified atom stereocenters. The van der Waals surface area contributed by atoms with Gasteiger partial charge in [0.1, 0.15) is 17.7 Å². The van der Waals surface area contributed by atoms with Gasteiger partial charge in [-0.15, -0.1) is 0 Å². The Kier molecular flexibility index (Phi) is 3.52. The monoisotopic (exact) mass is 281 g/mol. The molecule has 0 aliphatic heterocycles. The van der Waals surface area contributed by atoms with E-state index in [1.165, 1.54) is 0 Å². The molecule has 20 heavy (non-hydrogen) atoms. The maximum atomic E-state index is 11.7. The van der Waals surface area contributed by atoms with Gasteiger partial charge in [0.05, 0.1) is 0 Å². The van der Waals surface area contributed by atoms with Crippen molar-refractivity contribution in [1.82, 2.24) is 0 Å². The lowest BCUT2D eigenvalue weighted by Crippen LogP contribution is -2.64. The van der Waals surface area contributed by atoms with E-state index in [0.29, 0.717) is 5.92 Å². The highest BCUT2D eigenvalue weighted by Crippen LogP contribution is 2.61. The summed E-state index contributed by atoms with van der Waals surface area (Å²) in [4.78, 5) is 16.1. The van der Waals surface area contributed by atoms with Gasteiger partial charge in [-0.1, -0.05) is 13.8 Å². The van der Waals surface area contributed by atoms with Crippen LogP contribution >= 0.6 is 0 Å². The Morgan fingerprint density at radius 1 is 1.40 bits per heavy atom. The Balaban J connectivity index is 2.04. The van der Waals surface area contributed by atoms with E-state index in [9.17, 15) is 9.90 Å². The Labute approximate surface area is 121 Å². The van der Waals surface area contributed by atoms with Gasteiger partial charge in [-0.05, 0) is 57.8 Å². The minimum Gasteiger partial charge on any atom is -0.459 e. The smallest absolute Gasteiger partial charge is 0.328 e. The van der Waals surface area contributed by atoms with Crippen molar-refractivity contribution in [2.45, 2.75) is 65.6 Å². The van der Waals surface area contributed by atoms with Crippen molar-refractivity contribution in [3.8, 4) is 0 Å². The van der Waals surface area contributed by atoms with Crippen LogP contribution in [0.4, 0.5) is 0 Å². The van der Waals surface area contributed by atoms with E-state index in [0.717, 1.165) is 18.6 Å². The molecule has 0 saturated heterocycles. The average molecular weight is 281 g/mol. The summed E-state index contributed by atoms with van der Waals surface area (Å²) in [5.41, 5.74) is -0.436. The highest BCUT2D eigenvalue weighted by atomic mass is 16.6. The highest BCUT2D eigenvalue weighted by molar-refractivity contribution is 5.95. The molecular formula is C16H27NO3. The van der Waals surface area contributed by atoms with Crippen LogP contribution in [0.25, 0.3) is 0 Å². The van der Waals surface area contributed by atoms with E-state index in [4.69, 9.17) is 4.74 Å². The lowest BCUT2D eigenvalue weighted by Gasteiger charge is -2.62. The number of aliphatic hydroxyl groups is 1. The number of hydrogen-bond donors (Lipinski definition) is 1. The van der Waals surface area contributed by atoms with Crippen LogP contribution in [0.1, 0.15) is 54.4 Å². The molecule has 3 aliphatic rings. The first kappa shape index (κ1) is 15.5. The molecule has 2 bridgehead atoms. The van der Waals surface area contributed by atoms with E-state index in [1.807, 2.05) is 27.7 Å². The van der Waals surface area contributed by atoms with Gasteiger partial charge in [-0.3, -0.25) is 9.79 Å². The Hall–Kier alpha value is -0.900. The lowest BCUT2D eigenvalue weighted by atomic mass is 9.44. The zero-order chi connectivity index (χ0) is 15.3. The molecule has 0 amide bonds.